The van der Waals surface area contributed by atoms with Crippen molar-refractivity contribution in [1.29, 1.82) is 0 Å². The molecular weight excluding hydrogens is 250 g/mol. The summed E-state index contributed by atoms with van der Waals surface area (Å²) in [4.78, 5) is 9.57. The largest absolute Gasteiger partial charge is 0.337 e. The Kier molecular flexibility index (Phi) is 2.55. The van der Waals surface area contributed by atoms with Crippen molar-refractivity contribution in [2.45, 2.75) is 44.9 Å². The summed E-state index contributed by atoms with van der Waals surface area (Å²) >= 11 is 0. The molecule has 2 aromatic rings. The molecule has 0 radical (unpaired) electrons. The van der Waals surface area contributed by atoms with E-state index in [1.54, 1.807) is 0 Å². The van der Waals surface area contributed by atoms with Crippen molar-refractivity contribution in [2.24, 2.45) is 7.05 Å². The second-order valence-electron chi connectivity index (χ2n) is 5.88. The van der Waals surface area contributed by atoms with Crippen LogP contribution in [0.5, 0.6) is 0 Å². The Labute approximate surface area is 118 Å². The highest BCUT2D eigenvalue weighted by molar-refractivity contribution is 5.62. The first kappa shape index (κ1) is 11.9. The molecule has 0 amide bonds. The maximum atomic E-state index is 4.79. The first-order chi connectivity index (χ1) is 9.72. The second kappa shape index (κ2) is 4.30. The van der Waals surface area contributed by atoms with Crippen molar-refractivity contribution in [3.8, 4) is 0 Å². The third-order valence-electron chi connectivity index (χ3n) is 4.38. The third kappa shape index (κ3) is 1.88. The molecule has 2 aliphatic rings. The Morgan fingerprint density at radius 2 is 2.10 bits per heavy atom. The minimum Gasteiger partial charge on any atom is -0.337 e. The Morgan fingerprint density at radius 3 is 2.80 bits per heavy atom. The van der Waals surface area contributed by atoms with Gasteiger partial charge in [-0.15, -0.1) is 0 Å². The van der Waals surface area contributed by atoms with E-state index in [1.807, 2.05) is 17.9 Å². The predicted molar refractivity (Wildman–Crippen MR) is 77.3 cm³/mol. The van der Waals surface area contributed by atoms with Crippen molar-refractivity contribution in [3.63, 3.8) is 0 Å². The Hall–Kier alpha value is -1.91. The normalized spacial score (nSPS) is 17.3. The van der Waals surface area contributed by atoms with E-state index < -0.39 is 0 Å². The number of hydrogen-bond donors (Lipinski definition) is 1. The molecule has 0 saturated heterocycles. The third-order valence-corrected chi connectivity index (χ3v) is 4.38. The molecule has 20 heavy (non-hydrogen) atoms. The quantitative estimate of drug-likeness (QED) is 0.930. The van der Waals surface area contributed by atoms with Gasteiger partial charge in [-0.3, -0.25) is 4.68 Å². The molecule has 2 aromatic heterocycles. The van der Waals surface area contributed by atoms with Crippen molar-refractivity contribution in [3.05, 3.63) is 29.0 Å². The molecule has 5 heteroatoms. The fourth-order valence-electron chi connectivity index (χ4n) is 2.83. The molecule has 1 N–H and O–H groups in total. The molecule has 0 aromatic carbocycles. The average Bonchev–Trinajstić information content (AvgIpc) is 3.12. The number of rotatable bonds is 3. The standard InChI is InChI=1S/C15H19N5/c1-9-13(8-16-20(9)2)18-15-11-4-3-5-12(11)17-14(19-15)10-6-7-10/h8,10H,3-7H2,1-2H3,(H,17,18,19). The molecule has 2 heterocycles. The second-order valence-corrected chi connectivity index (χ2v) is 5.88. The zero-order valence-electron chi connectivity index (χ0n) is 12.0. The first-order valence-corrected chi connectivity index (χ1v) is 7.37. The summed E-state index contributed by atoms with van der Waals surface area (Å²) in [5.41, 5.74) is 4.73. The predicted octanol–water partition coefficient (Wildman–Crippen LogP) is 2.63. The topological polar surface area (TPSA) is 55.6 Å². The Balaban J connectivity index is 1.74. The molecule has 5 nitrogen and oxygen atoms in total. The zero-order valence-corrected chi connectivity index (χ0v) is 12.0. The van der Waals surface area contributed by atoms with Crippen LogP contribution in [0.1, 0.15) is 48.0 Å². The number of aryl methyl sites for hydroxylation is 2. The number of aromatic nitrogens is 4. The lowest BCUT2D eigenvalue weighted by Gasteiger charge is -2.11. The highest BCUT2D eigenvalue weighted by Gasteiger charge is 2.29. The monoisotopic (exact) mass is 269 g/mol. The van der Waals surface area contributed by atoms with E-state index >= 15 is 0 Å². The van der Waals surface area contributed by atoms with Gasteiger partial charge in [-0.25, -0.2) is 9.97 Å². The van der Waals surface area contributed by atoms with Gasteiger partial charge in [0.2, 0.25) is 0 Å². The molecule has 1 saturated carbocycles. The van der Waals surface area contributed by atoms with Crippen LogP contribution in [0.25, 0.3) is 0 Å². The Morgan fingerprint density at radius 1 is 1.25 bits per heavy atom. The molecule has 1 fully saturated rings. The van der Waals surface area contributed by atoms with Gasteiger partial charge in [0.25, 0.3) is 0 Å². The van der Waals surface area contributed by atoms with Gasteiger partial charge in [0.05, 0.1) is 17.6 Å². The summed E-state index contributed by atoms with van der Waals surface area (Å²) in [6.45, 7) is 2.07. The molecule has 2 aliphatic carbocycles. The van der Waals surface area contributed by atoms with Gasteiger partial charge in [-0.1, -0.05) is 0 Å². The maximum absolute atomic E-state index is 4.79. The minimum absolute atomic E-state index is 0.594. The average molecular weight is 269 g/mol. The molecule has 104 valence electrons. The first-order valence-electron chi connectivity index (χ1n) is 7.37. The number of nitrogens with zero attached hydrogens (tertiary/aromatic N) is 4. The van der Waals surface area contributed by atoms with Gasteiger partial charge >= 0.3 is 0 Å². The van der Waals surface area contributed by atoms with E-state index in [0.29, 0.717) is 5.92 Å². The van der Waals surface area contributed by atoms with Gasteiger partial charge in [0.1, 0.15) is 11.6 Å². The summed E-state index contributed by atoms with van der Waals surface area (Å²) in [5.74, 6) is 2.64. The fraction of sp³-hybridized carbons (Fsp3) is 0.533. The summed E-state index contributed by atoms with van der Waals surface area (Å²) in [6.07, 6.45) is 7.73. The number of hydrogen-bond acceptors (Lipinski definition) is 4. The summed E-state index contributed by atoms with van der Waals surface area (Å²) in [6, 6.07) is 0. The number of nitrogens with one attached hydrogen (secondary N) is 1. The van der Waals surface area contributed by atoms with Crippen LogP contribution in [0.3, 0.4) is 0 Å². The van der Waals surface area contributed by atoms with Crippen LogP contribution in [0.15, 0.2) is 6.20 Å². The smallest absolute Gasteiger partial charge is 0.137 e. The van der Waals surface area contributed by atoms with Gasteiger partial charge in [0.15, 0.2) is 0 Å². The van der Waals surface area contributed by atoms with Crippen molar-refractivity contribution >= 4 is 11.5 Å². The van der Waals surface area contributed by atoms with Crippen molar-refractivity contribution in [1.82, 2.24) is 19.7 Å². The molecular formula is C15H19N5. The van der Waals surface area contributed by atoms with Crippen molar-refractivity contribution < 1.29 is 0 Å². The van der Waals surface area contributed by atoms with Crippen LogP contribution in [0.4, 0.5) is 11.5 Å². The van der Waals surface area contributed by atoms with E-state index in [1.165, 1.54) is 30.5 Å². The van der Waals surface area contributed by atoms with E-state index in [9.17, 15) is 0 Å². The molecule has 0 atom stereocenters. The van der Waals surface area contributed by atoms with Crippen LogP contribution in [0.2, 0.25) is 0 Å². The Bertz CT molecular complexity index is 669. The van der Waals surface area contributed by atoms with Gasteiger partial charge < -0.3 is 5.32 Å². The zero-order chi connectivity index (χ0) is 13.7. The highest BCUT2D eigenvalue weighted by Crippen LogP contribution is 2.40. The van der Waals surface area contributed by atoms with E-state index in [2.05, 4.69) is 17.3 Å². The van der Waals surface area contributed by atoms with Crippen molar-refractivity contribution in [2.75, 3.05) is 5.32 Å². The highest BCUT2D eigenvalue weighted by atomic mass is 15.3. The van der Waals surface area contributed by atoms with E-state index in [0.717, 1.165) is 35.9 Å². The van der Waals surface area contributed by atoms with Crippen LogP contribution in [0, 0.1) is 6.92 Å². The minimum atomic E-state index is 0.594. The fourth-order valence-corrected chi connectivity index (χ4v) is 2.83. The van der Waals surface area contributed by atoms with Crippen LogP contribution < -0.4 is 5.32 Å². The van der Waals surface area contributed by atoms with E-state index in [4.69, 9.17) is 9.97 Å². The van der Waals surface area contributed by atoms with Crippen LogP contribution in [-0.4, -0.2) is 19.7 Å². The molecule has 0 bridgehead atoms. The molecule has 4 rings (SSSR count). The summed E-state index contributed by atoms with van der Waals surface area (Å²) < 4.78 is 1.88. The lowest BCUT2D eigenvalue weighted by Crippen LogP contribution is -2.06. The lowest BCUT2D eigenvalue weighted by molar-refractivity contribution is 0.740. The number of anilines is 2. The molecule has 0 unspecified atom stereocenters. The molecule has 0 aliphatic heterocycles. The summed E-state index contributed by atoms with van der Waals surface area (Å²) in [7, 11) is 1.96. The maximum Gasteiger partial charge on any atom is 0.137 e. The van der Waals surface area contributed by atoms with Gasteiger partial charge in [-0.05, 0) is 39.0 Å². The van der Waals surface area contributed by atoms with E-state index in [-0.39, 0.29) is 0 Å². The van der Waals surface area contributed by atoms with Gasteiger partial charge in [0, 0.05) is 24.2 Å². The van der Waals surface area contributed by atoms with Gasteiger partial charge in [-0.2, -0.15) is 5.10 Å². The van der Waals surface area contributed by atoms with Crippen LogP contribution >= 0.6 is 0 Å². The van der Waals surface area contributed by atoms with Crippen LogP contribution in [-0.2, 0) is 19.9 Å². The summed E-state index contributed by atoms with van der Waals surface area (Å²) in [5, 5.41) is 7.77. The lowest BCUT2D eigenvalue weighted by atomic mass is 10.2. The molecule has 0 spiro atoms. The number of fused-ring (bicyclic) bond motifs is 1. The SMILES string of the molecule is Cc1c(Nc2nc(C3CC3)nc3c2CCC3)cnn1C.